The molecule has 1 aliphatic rings. The lowest BCUT2D eigenvalue weighted by Crippen LogP contribution is -2.45. The topological polar surface area (TPSA) is 124 Å². The molecule has 1 aromatic heterocycles. The molecule has 2 amide bonds. The maximum Gasteiger partial charge on any atom is 0.387 e. The minimum atomic E-state index is -3.13. The third kappa shape index (κ3) is 7.01. The predicted octanol–water partition coefficient (Wildman–Crippen LogP) is 4.66. The monoisotopic (exact) mass is 623 g/mol. The Bertz CT molecular complexity index is 1590. The summed E-state index contributed by atoms with van der Waals surface area (Å²) in [7, 11) is 3.25. The third-order valence-corrected chi connectivity index (χ3v) is 7.68. The van der Waals surface area contributed by atoms with Crippen molar-refractivity contribution in [2.24, 2.45) is 0 Å². The number of rotatable bonds is 11. The fourth-order valence-corrected chi connectivity index (χ4v) is 5.34. The van der Waals surface area contributed by atoms with Crippen molar-refractivity contribution in [2.75, 3.05) is 32.5 Å². The van der Waals surface area contributed by atoms with Crippen LogP contribution < -0.4 is 20.7 Å². The Balaban J connectivity index is 1.64. The first-order valence-electron chi connectivity index (χ1n) is 13.7. The van der Waals surface area contributed by atoms with Gasteiger partial charge in [0.05, 0.1) is 22.7 Å². The zero-order chi connectivity index (χ0) is 31.9. The first kappa shape index (κ1) is 32.0. The average Bonchev–Trinajstić information content (AvgIpc) is 3.41. The summed E-state index contributed by atoms with van der Waals surface area (Å²) in [6.45, 7) is 1.10. The van der Waals surface area contributed by atoms with E-state index < -0.39 is 17.9 Å². The molecule has 3 N–H and O–H groups in total. The maximum atomic E-state index is 13.4. The molecule has 0 radical (unpaired) electrons. The molecule has 0 bridgehead atoms. The van der Waals surface area contributed by atoms with Gasteiger partial charge in [0.15, 0.2) is 0 Å². The summed E-state index contributed by atoms with van der Waals surface area (Å²) in [4.78, 5) is 28.3. The molecule has 1 saturated heterocycles. The number of amides is 2. The Morgan fingerprint density at radius 3 is 2.45 bits per heavy atom. The number of alkyl halides is 2. The van der Waals surface area contributed by atoms with Gasteiger partial charge in [0.1, 0.15) is 23.8 Å². The number of hydrogen-bond donors (Lipinski definition) is 3. The van der Waals surface area contributed by atoms with Crippen molar-refractivity contribution in [1.29, 1.82) is 5.26 Å². The smallest absolute Gasteiger partial charge is 0.387 e. The van der Waals surface area contributed by atoms with E-state index in [1.165, 1.54) is 35.2 Å². The maximum absolute atomic E-state index is 13.4. The molecule has 44 heavy (non-hydrogen) atoms. The highest BCUT2D eigenvalue weighted by atomic mass is 35.5. The van der Waals surface area contributed by atoms with Gasteiger partial charge in [-0.1, -0.05) is 54.6 Å². The van der Waals surface area contributed by atoms with E-state index in [0.29, 0.717) is 31.8 Å². The minimum absolute atomic E-state index is 0.0643. The Kier molecular flexibility index (Phi) is 10.2. The second-order valence-corrected chi connectivity index (χ2v) is 10.4. The van der Waals surface area contributed by atoms with E-state index in [-0.39, 0.29) is 45.7 Å². The molecule has 0 saturated carbocycles. The summed E-state index contributed by atoms with van der Waals surface area (Å²) in [6, 6.07) is 16.0. The molecule has 230 valence electrons. The zero-order valence-electron chi connectivity index (χ0n) is 24.2. The van der Waals surface area contributed by atoms with Gasteiger partial charge in [-0.05, 0) is 36.6 Å². The van der Waals surface area contributed by atoms with Crippen LogP contribution in [0, 0.1) is 11.3 Å². The lowest BCUT2D eigenvalue weighted by molar-refractivity contribution is -0.133. The predicted molar refractivity (Wildman–Crippen MR) is 163 cm³/mol. The van der Waals surface area contributed by atoms with E-state index in [4.69, 9.17) is 16.3 Å². The van der Waals surface area contributed by atoms with E-state index in [1.54, 1.807) is 19.0 Å². The summed E-state index contributed by atoms with van der Waals surface area (Å²) in [6.07, 6.45) is 3.73. The molecule has 10 nitrogen and oxygen atoms in total. The van der Waals surface area contributed by atoms with Gasteiger partial charge < -0.3 is 25.6 Å². The van der Waals surface area contributed by atoms with Crippen LogP contribution in [0.15, 0.2) is 78.8 Å². The van der Waals surface area contributed by atoms with Gasteiger partial charge in [0, 0.05) is 44.0 Å². The zero-order valence-corrected chi connectivity index (χ0v) is 25.0. The molecular formula is C31H32ClF2N7O3. The third-order valence-electron chi connectivity index (χ3n) is 7.45. The highest BCUT2D eigenvalue weighted by Crippen LogP contribution is 2.38. The molecule has 4 rings (SSSR count). The minimum Gasteiger partial charge on any atom is -0.434 e. The average molecular weight is 624 g/mol. The van der Waals surface area contributed by atoms with Gasteiger partial charge in [0.25, 0.3) is 5.91 Å². The number of aromatic nitrogens is 2. The fraction of sp³-hybridized carbons (Fsp3) is 0.290. The largest absolute Gasteiger partial charge is 0.434 e. The second kappa shape index (κ2) is 14.1. The van der Waals surface area contributed by atoms with Gasteiger partial charge in [-0.15, -0.1) is 0 Å². The van der Waals surface area contributed by atoms with Crippen molar-refractivity contribution in [3.8, 4) is 23.1 Å². The molecule has 0 spiro atoms. The van der Waals surface area contributed by atoms with Crippen LogP contribution in [0.1, 0.15) is 18.4 Å². The van der Waals surface area contributed by atoms with E-state index in [2.05, 4.69) is 33.7 Å². The number of nitrogens with zero attached hydrogens (tertiary/aromatic N) is 4. The summed E-state index contributed by atoms with van der Waals surface area (Å²) in [5, 5.41) is 23.2. The molecule has 1 aliphatic heterocycles. The van der Waals surface area contributed by atoms with Crippen LogP contribution in [0.3, 0.4) is 0 Å². The number of nitrogens with one attached hydrogen (secondary N) is 3. The quantitative estimate of drug-likeness (QED) is 0.210. The van der Waals surface area contributed by atoms with Crippen molar-refractivity contribution in [3.63, 3.8) is 0 Å². The summed E-state index contributed by atoms with van der Waals surface area (Å²) < 4.78 is 32.6. The van der Waals surface area contributed by atoms with E-state index in [9.17, 15) is 23.6 Å². The van der Waals surface area contributed by atoms with E-state index in [0.717, 1.165) is 5.56 Å². The fourth-order valence-electron chi connectivity index (χ4n) is 5.17. The SMILES string of the molecule is C=CC(C(=O)Nc1cn(CC(=O)N2CCC(C#N)(c3ccccc3)CC2)nc1-c1cc(Cl)ccc1OC(F)F)=C(NC)NC. The molecule has 3 aromatic rings. The number of hydrogen-bond acceptors (Lipinski definition) is 7. The molecule has 2 heterocycles. The van der Waals surface area contributed by atoms with Crippen LogP contribution in [0.2, 0.25) is 5.02 Å². The molecule has 0 aliphatic carbocycles. The van der Waals surface area contributed by atoms with Crippen LogP contribution in [-0.4, -0.2) is 60.3 Å². The van der Waals surface area contributed by atoms with Gasteiger partial charge in [-0.25, -0.2) is 0 Å². The van der Waals surface area contributed by atoms with Gasteiger partial charge in [-0.3, -0.25) is 14.3 Å². The number of carbonyl (C=O) groups excluding carboxylic acids is 2. The standard InChI is InChI=1S/C31H32ClF2N7O3/c1-4-22(28(36-2)37-3)29(43)38-24-17-41(39-27(24)23-16-21(32)10-11-25(23)44-30(33)34)18-26(42)40-14-12-31(19-35,13-15-40)20-8-6-5-7-9-20/h4-11,16-17,30,36-37H,1,12-15,18H2,2-3H3,(H,38,43). The Morgan fingerprint density at radius 1 is 1.18 bits per heavy atom. The number of halogens is 3. The van der Waals surface area contributed by atoms with E-state index >= 15 is 0 Å². The first-order valence-corrected chi connectivity index (χ1v) is 14.1. The van der Waals surface area contributed by atoms with Gasteiger partial charge in [-0.2, -0.15) is 19.1 Å². The summed E-state index contributed by atoms with van der Waals surface area (Å²) in [5.74, 6) is -0.660. The Morgan fingerprint density at radius 2 is 1.86 bits per heavy atom. The van der Waals surface area contributed by atoms with Crippen molar-refractivity contribution >= 4 is 29.1 Å². The number of piperidine rings is 1. The summed E-state index contributed by atoms with van der Waals surface area (Å²) >= 11 is 6.20. The lowest BCUT2D eigenvalue weighted by Gasteiger charge is -2.37. The van der Waals surface area contributed by atoms with Gasteiger partial charge >= 0.3 is 6.61 Å². The Labute approximate surface area is 258 Å². The molecule has 13 heteroatoms. The van der Waals surface area contributed by atoms with Crippen LogP contribution >= 0.6 is 11.6 Å². The van der Waals surface area contributed by atoms with Crippen LogP contribution in [0.25, 0.3) is 11.3 Å². The summed E-state index contributed by atoms with van der Waals surface area (Å²) in [5.41, 5.74) is 0.689. The van der Waals surface area contributed by atoms with Gasteiger partial charge in [0.2, 0.25) is 5.91 Å². The highest BCUT2D eigenvalue weighted by Gasteiger charge is 2.37. The number of ether oxygens (including phenoxy) is 1. The highest BCUT2D eigenvalue weighted by molar-refractivity contribution is 6.31. The normalized spacial score (nSPS) is 13.9. The van der Waals surface area contributed by atoms with Crippen molar-refractivity contribution in [2.45, 2.75) is 31.4 Å². The van der Waals surface area contributed by atoms with Crippen LogP contribution in [0.5, 0.6) is 5.75 Å². The number of nitriles is 1. The van der Waals surface area contributed by atoms with Crippen LogP contribution in [-0.2, 0) is 21.5 Å². The second-order valence-electron chi connectivity index (χ2n) is 10.00. The van der Waals surface area contributed by atoms with Crippen molar-refractivity contribution in [1.82, 2.24) is 25.3 Å². The first-order chi connectivity index (χ1) is 21.1. The molecule has 0 unspecified atom stereocenters. The number of benzene rings is 2. The van der Waals surface area contributed by atoms with Crippen molar-refractivity contribution < 1.29 is 23.1 Å². The molecule has 1 fully saturated rings. The number of likely N-dealkylation sites (tertiary alicyclic amines) is 1. The lowest BCUT2D eigenvalue weighted by atomic mass is 9.74. The number of anilines is 1. The molecule has 0 atom stereocenters. The molecule has 2 aromatic carbocycles. The van der Waals surface area contributed by atoms with Crippen molar-refractivity contribution in [3.05, 3.63) is 89.4 Å². The number of carbonyl (C=O) groups is 2. The van der Waals surface area contributed by atoms with Crippen LogP contribution in [0.4, 0.5) is 14.5 Å². The molecular weight excluding hydrogens is 592 g/mol. The van der Waals surface area contributed by atoms with E-state index in [1.807, 2.05) is 30.3 Å². The Hall–Kier alpha value is -4.89.